The number of carboxylic acid groups (broad SMARTS) is 1. The minimum absolute atomic E-state index is 0.115. The average molecular weight is 288 g/mol. The number of aromatic carboxylic acids is 1. The predicted molar refractivity (Wildman–Crippen MR) is 74.9 cm³/mol. The summed E-state index contributed by atoms with van der Waals surface area (Å²) in [6.45, 7) is 4.22. The van der Waals surface area contributed by atoms with Gasteiger partial charge in [0.2, 0.25) is 0 Å². The molecule has 5 nitrogen and oxygen atoms in total. The van der Waals surface area contributed by atoms with Gasteiger partial charge < -0.3 is 19.0 Å². The molecule has 0 unspecified atom stereocenters. The second-order valence-electron chi connectivity index (χ2n) is 5.68. The van der Waals surface area contributed by atoms with Crippen LogP contribution in [0, 0.1) is 0 Å². The molecule has 2 aromatic rings. The molecular weight excluding hydrogens is 272 g/mol. The highest BCUT2D eigenvalue weighted by molar-refractivity contribution is 5.87. The molecule has 0 spiro atoms. The molecule has 2 heterocycles. The first-order chi connectivity index (χ1) is 9.94. The molecule has 1 N–H and O–H groups in total. The smallest absolute Gasteiger partial charge is 0.338 e. The van der Waals surface area contributed by atoms with Crippen molar-refractivity contribution in [3.05, 3.63) is 47.4 Å². The number of hydrogen-bond donors (Lipinski definition) is 1. The molecule has 0 amide bonds. The maximum absolute atomic E-state index is 10.8. The van der Waals surface area contributed by atoms with Gasteiger partial charge in [0.05, 0.1) is 5.56 Å². The van der Waals surface area contributed by atoms with E-state index in [2.05, 4.69) is 0 Å². The van der Waals surface area contributed by atoms with Gasteiger partial charge in [0.1, 0.15) is 24.2 Å². The standard InChI is InChI=1S/C16H16O5/c1-16(2)7-10-4-3-5-13(14(10)21-16)20-9-12-6-11(8-19-12)15(17)18/h3-6,8H,7,9H2,1-2H3,(H,17,18). The zero-order valence-electron chi connectivity index (χ0n) is 11.9. The number of furan rings is 1. The molecule has 0 fully saturated rings. The van der Waals surface area contributed by atoms with Crippen molar-refractivity contribution in [1.29, 1.82) is 0 Å². The third kappa shape index (κ3) is 2.72. The molecule has 1 aromatic carbocycles. The van der Waals surface area contributed by atoms with Crippen molar-refractivity contribution in [1.82, 2.24) is 0 Å². The van der Waals surface area contributed by atoms with Gasteiger partial charge in [-0.1, -0.05) is 12.1 Å². The Balaban J connectivity index is 1.75. The van der Waals surface area contributed by atoms with Crippen LogP contribution in [0.1, 0.15) is 35.5 Å². The number of benzene rings is 1. The summed E-state index contributed by atoms with van der Waals surface area (Å²) in [5.74, 6) is 0.844. The zero-order chi connectivity index (χ0) is 15.0. The van der Waals surface area contributed by atoms with E-state index in [1.807, 2.05) is 32.0 Å². The van der Waals surface area contributed by atoms with Gasteiger partial charge in [-0.3, -0.25) is 0 Å². The lowest BCUT2D eigenvalue weighted by molar-refractivity contribution is 0.0696. The van der Waals surface area contributed by atoms with E-state index in [4.69, 9.17) is 19.0 Å². The molecular formula is C16H16O5. The summed E-state index contributed by atoms with van der Waals surface area (Å²) in [5, 5.41) is 8.85. The van der Waals surface area contributed by atoms with Gasteiger partial charge >= 0.3 is 5.97 Å². The number of carboxylic acids is 1. The number of rotatable bonds is 4. The van der Waals surface area contributed by atoms with Crippen LogP contribution in [0.15, 0.2) is 34.9 Å². The summed E-state index contributed by atoms with van der Waals surface area (Å²) in [6.07, 6.45) is 2.04. The highest BCUT2D eigenvalue weighted by Crippen LogP contribution is 2.41. The van der Waals surface area contributed by atoms with E-state index >= 15 is 0 Å². The number of ether oxygens (including phenoxy) is 2. The monoisotopic (exact) mass is 288 g/mol. The van der Waals surface area contributed by atoms with Gasteiger partial charge in [0.15, 0.2) is 11.5 Å². The van der Waals surface area contributed by atoms with Crippen LogP contribution >= 0.6 is 0 Å². The lowest BCUT2D eigenvalue weighted by atomic mass is 10.0. The second kappa shape index (κ2) is 4.84. The highest BCUT2D eigenvalue weighted by Gasteiger charge is 2.32. The first kappa shape index (κ1) is 13.5. The van der Waals surface area contributed by atoms with E-state index in [1.165, 1.54) is 12.3 Å². The predicted octanol–water partition coefficient (Wildman–Crippen LogP) is 3.27. The van der Waals surface area contributed by atoms with Crippen LogP contribution in [0.3, 0.4) is 0 Å². The summed E-state index contributed by atoms with van der Waals surface area (Å²) >= 11 is 0. The van der Waals surface area contributed by atoms with Crippen LogP contribution in [0.4, 0.5) is 0 Å². The fraction of sp³-hybridized carbons (Fsp3) is 0.312. The van der Waals surface area contributed by atoms with Crippen LogP contribution in [0.2, 0.25) is 0 Å². The molecule has 3 rings (SSSR count). The van der Waals surface area contributed by atoms with Crippen molar-refractivity contribution in [2.24, 2.45) is 0 Å². The number of para-hydroxylation sites is 1. The molecule has 0 saturated heterocycles. The van der Waals surface area contributed by atoms with Crippen LogP contribution in [0.5, 0.6) is 11.5 Å². The van der Waals surface area contributed by atoms with Gasteiger partial charge in [-0.15, -0.1) is 0 Å². The molecule has 110 valence electrons. The molecule has 1 aliphatic rings. The van der Waals surface area contributed by atoms with Crippen LogP contribution in [-0.2, 0) is 13.0 Å². The van der Waals surface area contributed by atoms with Crippen LogP contribution in [0.25, 0.3) is 0 Å². The molecule has 0 atom stereocenters. The minimum Gasteiger partial charge on any atom is -0.483 e. The Hall–Kier alpha value is -2.43. The molecule has 1 aromatic heterocycles. The van der Waals surface area contributed by atoms with Crippen LogP contribution in [-0.4, -0.2) is 16.7 Å². The first-order valence-corrected chi connectivity index (χ1v) is 6.69. The molecule has 0 aliphatic carbocycles. The van der Waals surface area contributed by atoms with Crippen molar-refractivity contribution < 1.29 is 23.8 Å². The van der Waals surface area contributed by atoms with E-state index < -0.39 is 5.97 Å². The third-order valence-corrected chi connectivity index (χ3v) is 3.33. The Kier molecular flexibility index (Phi) is 3.12. The molecule has 1 aliphatic heterocycles. The van der Waals surface area contributed by atoms with Crippen molar-refractivity contribution in [3.63, 3.8) is 0 Å². The average Bonchev–Trinajstić information content (AvgIpc) is 2.98. The van der Waals surface area contributed by atoms with E-state index in [1.54, 1.807) is 0 Å². The molecule has 0 bridgehead atoms. The number of carbonyl (C=O) groups is 1. The lowest BCUT2D eigenvalue weighted by Gasteiger charge is -2.18. The Morgan fingerprint density at radius 2 is 2.24 bits per heavy atom. The van der Waals surface area contributed by atoms with E-state index in [0.717, 1.165) is 17.7 Å². The Bertz CT molecular complexity index is 684. The SMILES string of the molecule is CC1(C)Cc2cccc(OCc3cc(C(=O)O)co3)c2O1. The van der Waals surface area contributed by atoms with Crippen molar-refractivity contribution in [2.45, 2.75) is 32.5 Å². The van der Waals surface area contributed by atoms with Crippen molar-refractivity contribution in [2.75, 3.05) is 0 Å². The minimum atomic E-state index is -1.02. The summed E-state index contributed by atoms with van der Waals surface area (Å²) in [5.41, 5.74) is 0.996. The molecule has 5 heteroatoms. The van der Waals surface area contributed by atoms with E-state index in [-0.39, 0.29) is 17.8 Å². The Labute approximate surface area is 122 Å². The molecule has 0 saturated carbocycles. The zero-order valence-corrected chi connectivity index (χ0v) is 11.9. The Morgan fingerprint density at radius 1 is 1.43 bits per heavy atom. The number of fused-ring (bicyclic) bond motifs is 1. The fourth-order valence-corrected chi connectivity index (χ4v) is 2.42. The third-order valence-electron chi connectivity index (χ3n) is 3.33. The van der Waals surface area contributed by atoms with Gasteiger partial charge in [-0.05, 0) is 26.0 Å². The summed E-state index contributed by atoms with van der Waals surface area (Å²) in [7, 11) is 0. The number of hydrogen-bond acceptors (Lipinski definition) is 4. The quantitative estimate of drug-likeness (QED) is 0.935. The lowest BCUT2D eigenvalue weighted by Crippen LogP contribution is -2.24. The van der Waals surface area contributed by atoms with E-state index in [0.29, 0.717) is 11.5 Å². The summed E-state index contributed by atoms with van der Waals surface area (Å²) in [6, 6.07) is 7.23. The van der Waals surface area contributed by atoms with Gasteiger partial charge in [0, 0.05) is 12.0 Å². The fourth-order valence-electron chi connectivity index (χ4n) is 2.42. The molecule has 0 radical (unpaired) electrons. The summed E-state index contributed by atoms with van der Waals surface area (Å²) < 4.78 is 16.8. The van der Waals surface area contributed by atoms with Crippen molar-refractivity contribution in [3.8, 4) is 11.5 Å². The highest BCUT2D eigenvalue weighted by atomic mass is 16.5. The van der Waals surface area contributed by atoms with Gasteiger partial charge in [0.25, 0.3) is 0 Å². The second-order valence-corrected chi connectivity index (χ2v) is 5.68. The normalized spacial score (nSPS) is 15.3. The first-order valence-electron chi connectivity index (χ1n) is 6.69. The van der Waals surface area contributed by atoms with Gasteiger partial charge in [-0.25, -0.2) is 4.79 Å². The van der Waals surface area contributed by atoms with Crippen LogP contribution < -0.4 is 9.47 Å². The topological polar surface area (TPSA) is 68.9 Å². The van der Waals surface area contributed by atoms with Crippen molar-refractivity contribution >= 4 is 5.97 Å². The maximum atomic E-state index is 10.8. The van der Waals surface area contributed by atoms with Gasteiger partial charge in [-0.2, -0.15) is 0 Å². The largest absolute Gasteiger partial charge is 0.483 e. The summed E-state index contributed by atoms with van der Waals surface area (Å²) in [4.78, 5) is 10.8. The maximum Gasteiger partial charge on any atom is 0.338 e. The Morgan fingerprint density at radius 3 is 2.95 bits per heavy atom. The van der Waals surface area contributed by atoms with E-state index in [9.17, 15) is 4.79 Å². The molecule has 21 heavy (non-hydrogen) atoms.